The first-order chi connectivity index (χ1) is 9.08. The molecule has 0 atom stereocenters. The van der Waals surface area contributed by atoms with Crippen molar-refractivity contribution in [3.63, 3.8) is 0 Å². The molecule has 5 nitrogen and oxygen atoms in total. The van der Waals surface area contributed by atoms with Crippen LogP contribution in [0.4, 0.5) is 10.8 Å². The van der Waals surface area contributed by atoms with Gasteiger partial charge in [-0.3, -0.25) is 0 Å². The monoisotopic (exact) mass is 286 g/mol. The number of anilines is 2. The van der Waals surface area contributed by atoms with Gasteiger partial charge in [-0.2, -0.15) is 4.37 Å². The number of nitrogen functional groups attached to an aromatic ring is 1. The number of hydrogen-bond acceptors (Lipinski definition) is 6. The topological polar surface area (TPSA) is 63.4 Å². The Morgan fingerprint density at radius 3 is 2.68 bits per heavy atom. The van der Waals surface area contributed by atoms with Gasteiger partial charge in [-0.25, -0.2) is 0 Å². The van der Waals surface area contributed by atoms with E-state index in [9.17, 15) is 0 Å². The van der Waals surface area contributed by atoms with Crippen molar-refractivity contribution in [3.05, 3.63) is 0 Å². The Bertz CT molecular complexity index is 368. The second-order valence-corrected chi connectivity index (χ2v) is 5.53. The molecule has 0 radical (unpaired) electrons. The summed E-state index contributed by atoms with van der Waals surface area (Å²) in [7, 11) is 0. The summed E-state index contributed by atoms with van der Waals surface area (Å²) in [5.41, 5.74) is 5.82. The normalized spacial score (nSPS) is 11.3. The molecule has 0 aliphatic carbocycles. The molecule has 0 aromatic carbocycles. The number of aromatic nitrogens is 1. The molecule has 1 heterocycles. The summed E-state index contributed by atoms with van der Waals surface area (Å²) in [6.45, 7) is 12.5. The van der Waals surface area contributed by atoms with Crippen LogP contribution in [0.2, 0.25) is 0 Å². The predicted octanol–water partition coefficient (Wildman–Crippen LogP) is 2.66. The Balaban J connectivity index is 2.48. The minimum Gasteiger partial charge on any atom is -0.484 e. The van der Waals surface area contributed by atoms with E-state index in [1.54, 1.807) is 0 Å². The molecule has 0 amide bonds. The van der Waals surface area contributed by atoms with Crippen LogP contribution in [0.15, 0.2) is 0 Å². The largest absolute Gasteiger partial charge is 0.484 e. The van der Waals surface area contributed by atoms with E-state index in [1.807, 2.05) is 13.8 Å². The molecular weight excluding hydrogens is 260 g/mol. The second kappa shape index (κ2) is 8.22. The number of likely N-dealkylation sites (N-methyl/N-ethyl adjacent to an activating group) is 1. The first-order valence-electron chi connectivity index (χ1n) is 6.96. The van der Waals surface area contributed by atoms with E-state index in [0.717, 1.165) is 31.2 Å². The molecule has 0 bridgehead atoms. The van der Waals surface area contributed by atoms with Gasteiger partial charge >= 0.3 is 0 Å². The predicted molar refractivity (Wildman–Crippen MR) is 83.2 cm³/mol. The van der Waals surface area contributed by atoms with Gasteiger partial charge in [-0.05, 0) is 44.9 Å². The van der Waals surface area contributed by atoms with Gasteiger partial charge in [0.1, 0.15) is 0 Å². The van der Waals surface area contributed by atoms with Crippen LogP contribution < -0.4 is 15.8 Å². The number of rotatable bonds is 9. The minimum absolute atomic E-state index is 0.103. The molecule has 1 rings (SSSR count). The molecule has 0 spiro atoms. The maximum Gasteiger partial charge on any atom is 0.197 e. The molecule has 0 saturated heterocycles. The standard InChI is InChI=1S/C13H26N4OS/c1-5-8-17(6-2)9-7-15-13-11(18-10(3)4)12(14)16-19-13/h10,15H,5-9H2,1-4H3,(H2,14,16). The van der Waals surface area contributed by atoms with Gasteiger partial charge in [0.25, 0.3) is 0 Å². The van der Waals surface area contributed by atoms with Crippen molar-refractivity contribution >= 4 is 22.4 Å². The fraction of sp³-hybridized carbons (Fsp3) is 0.769. The zero-order chi connectivity index (χ0) is 14.3. The zero-order valence-electron chi connectivity index (χ0n) is 12.4. The number of ether oxygens (including phenoxy) is 1. The van der Waals surface area contributed by atoms with Crippen molar-refractivity contribution in [2.45, 2.75) is 40.2 Å². The third-order valence-corrected chi connectivity index (χ3v) is 3.53. The Labute approximate surface area is 120 Å². The lowest BCUT2D eigenvalue weighted by molar-refractivity contribution is 0.245. The molecule has 110 valence electrons. The van der Waals surface area contributed by atoms with Gasteiger partial charge in [0.2, 0.25) is 0 Å². The van der Waals surface area contributed by atoms with Gasteiger partial charge < -0.3 is 20.7 Å². The summed E-state index contributed by atoms with van der Waals surface area (Å²) in [4.78, 5) is 2.42. The first kappa shape index (κ1) is 16.0. The Morgan fingerprint density at radius 2 is 2.11 bits per heavy atom. The molecule has 0 unspecified atom stereocenters. The van der Waals surface area contributed by atoms with Gasteiger partial charge in [-0.1, -0.05) is 13.8 Å². The maximum absolute atomic E-state index is 5.82. The summed E-state index contributed by atoms with van der Waals surface area (Å²) in [5.74, 6) is 1.17. The lowest BCUT2D eigenvalue weighted by Crippen LogP contribution is -2.29. The Hall–Kier alpha value is -1.01. The van der Waals surface area contributed by atoms with Crippen LogP contribution in [0.1, 0.15) is 34.1 Å². The Kier molecular flexibility index (Phi) is 6.94. The molecule has 0 aliphatic heterocycles. The smallest absolute Gasteiger partial charge is 0.197 e. The second-order valence-electron chi connectivity index (χ2n) is 4.75. The van der Waals surface area contributed by atoms with Gasteiger partial charge in [0.05, 0.1) is 6.10 Å². The van der Waals surface area contributed by atoms with Crippen LogP contribution in [0, 0.1) is 0 Å². The highest BCUT2D eigenvalue weighted by molar-refractivity contribution is 7.11. The highest BCUT2D eigenvalue weighted by Gasteiger charge is 2.14. The molecule has 1 aromatic heterocycles. The highest BCUT2D eigenvalue weighted by Crippen LogP contribution is 2.35. The van der Waals surface area contributed by atoms with Crippen molar-refractivity contribution in [1.82, 2.24) is 9.27 Å². The number of nitrogens with one attached hydrogen (secondary N) is 1. The highest BCUT2D eigenvalue weighted by atomic mass is 32.1. The Morgan fingerprint density at radius 1 is 1.37 bits per heavy atom. The molecule has 19 heavy (non-hydrogen) atoms. The summed E-state index contributed by atoms with van der Waals surface area (Å²) < 4.78 is 9.84. The van der Waals surface area contributed by atoms with Gasteiger partial charge in [0, 0.05) is 13.1 Å². The van der Waals surface area contributed by atoms with Gasteiger partial charge in [-0.15, -0.1) is 0 Å². The van der Waals surface area contributed by atoms with Crippen molar-refractivity contribution < 1.29 is 4.74 Å². The van der Waals surface area contributed by atoms with E-state index in [-0.39, 0.29) is 6.10 Å². The zero-order valence-corrected chi connectivity index (χ0v) is 13.2. The minimum atomic E-state index is 0.103. The average molecular weight is 286 g/mol. The summed E-state index contributed by atoms with van der Waals surface area (Å²) in [6.07, 6.45) is 1.29. The van der Waals surface area contributed by atoms with Crippen LogP contribution in [-0.2, 0) is 0 Å². The van der Waals surface area contributed by atoms with E-state index in [1.165, 1.54) is 18.0 Å². The van der Waals surface area contributed by atoms with E-state index >= 15 is 0 Å². The number of nitrogens with two attached hydrogens (primary N) is 1. The van der Waals surface area contributed by atoms with Crippen molar-refractivity contribution in [1.29, 1.82) is 0 Å². The SMILES string of the molecule is CCCN(CC)CCNc1snc(N)c1OC(C)C. The van der Waals surface area contributed by atoms with Crippen LogP contribution in [0.25, 0.3) is 0 Å². The molecule has 0 aliphatic rings. The third kappa shape index (κ3) is 5.24. The fourth-order valence-electron chi connectivity index (χ4n) is 1.83. The molecule has 1 aromatic rings. The van der Waals surface area contributed by atoms with Crippen molar-refractivity contribution in [2.75, 3.05) is 37.2 Å². The molecule has 3 N–H and O–H groups in total. The van der Waals surface area contributed by atoms with E-state index in [2.05, 4.69) is 28.4 Å². The summed E-state index contributed by atoms with van der Waals surface area (Å²) >= 11 is 1.36. The van der Waals surface area contributed by atoms with E-state index in [0.29, 0.717) is 11.6 Å². The van der Waals surface area contributed by atoms with Crippen molar-refractivity contribution in [3.8, 4) is 5.75 Å². The van der Waals surface area contributed by atoms with E-state index in [4.69, 9.17) is 10.5 Å². The average Bonchev–Trinajstić information content (AvgIpc) is 2.70. The van der Waals surface area contributed by atoms with Crippen LogP contribution in [-0.4, -0.2) is 41.6 Å². The maximum atomic E-state index is 5.82. The lowest BCUT2D eigenvalue weighted by atomic mass is 10.4. The van der Waals surface area contributed by atoms with Crippen LogP contribution in [0.3, 0.4) is 0 Å². The van der Waals surface area contributed by atoms with E-state index < -0.39 is 0 Å². The van der Waals surface area contributed by atoms with Gasteiger partial charge in [0.15, 0.2) is 16.6 Å². The van der Waals surface area contributed by atoms with Crippen molar-refractivity contribution in [2.24, 2.45) is 0 Å². The molecule has 6 heteroatoms. The number of nitrogens with zero attached hydrogens (tertiary/aromatic N) is 2. The van der Waals surface area contributed by atoms with Crippen LogP contribution in [0.5, 0.6) is 5.75 Å². The molecule has 0 saturated carbocycles. The first-order valence-corrected chi connectivity index (χ1v) is 7.73. The lowest BCUT2D eigenvalue weighted by Gasteiger charge is -2.19. The summed E-state index contributed by atoms with van der Waals surface area (Å²) in [5, 5.41) is 4.30. The van der Waals surface area contributed by atoms with Crippen LogP contribution >= 0.6 is 11.5 Å². The third-order valence-electron chi connectivity index (χ3n) is 2.73. The fourth-order valence-corrected chi connectivity index (χ4v) is 2.50. The summed E-state index contributed by atoms with van der Waals surface area (Å²) in [6, 6.07) is 0. The molecular formula is C13H26N4OS. The number of hydrogen-bond donors (Lipinski definition) is 2. The quantitative estimate of drug-likeness (QED) is 0.730. The molecule has 0 fully saturated rings.